The minimum absolute atomic E-state index is 0.206. The molecule has 0 amide bonds. The molecule has 1 saturated heterocycles. The highest BCUT2D eigenvalue weighted by Crippen LogP contribution is 2.22. The van der Waals surface area contributed by atoms with Gasteiger partial charge in [0.05, 0.1) is 18.1 Å². The Bertz CT molecular complexity index is 1150. The topological polar surface area (TPSA) is 93.0 Å². The first-order valence-electron chi connectivity index (χ1n) is 8.94. The Morgan fingerprint density at radius 3 is 2.64 bits per heavy atom. The largest absolute Gasteiger partial charge is 0.379 e. The lowest BCUT2D eigenvalue weighted by molar-refractivity contribution is 0.0730. The van der Waals surface area contributed by atoms with Gasteiger partial charge in [0.1, 0.15) is 11.5 Å². The van der Waals surface area contributed by atoms with E-state index in [4.69, 9.17) is 4.74 Å². The lowest BCUT2D eigenvalue weighted by atomic mass is 10.2. The number of sulfonamides is 1. The number of ether oxygens (including phenoxy) is 1. The normalized spacial score (nSPS) is 15.6. The molecule has 1 aliphatic heterocycles. The van der Waals surface area contributed by atoms with E-state index < -0.39 is 10.0 Å². The molecule has 1 aromatic carbocycles. The second-order valence-electron chi connectivity index (χ2n) is 6.39. The van der Waals surface area contributed by atoms with Crippen LogP contribution >= 0.6 is 0 Å². The number of nitrogens with one attached hydrogen (secondary N) is 1. The van der Waals surface area contributed by atoms with Gasteiger partial charge < -0.3 is 10.1 Å². The SMILES string of the molecule is O=c1cc(NCc2ccccc2S(=O)(=O)N2CCOCC2)nc2ccccn12. The van der Waals surface area contributed by atoms with Gasteiger partial charge in [-0.15, -0.1) is 0 Å². The number of nitrogens with zero attached hydrogens (tertiary/aromatic N) is 3. The van der Waals surface area contributed by atoms with E-state index in [9.17, 15) is 13.2 Å². The molecule has 0 bridgehead atoms. The Morgan fingerprint density at radius 2 is 1.82 bits per heavy atom. The summed E-state index contributed by atoms with van der Waals surface area (Å²) in [7, 11) is -3.61. The smallest absolute Gasteiger partial charge is 0.259 e. The molecule has 0 atom stereocenters. The fourth-order valence-electron chi connectivity index (χ4n) is 3.16. The van der Waals surface area contributed by atoms with Gasteiger partial charge in [0.25, 0.3) is 5.56 Å². The number of aromatic nitrogens is 2. The van der Waals surface area contributed by atoms with Crippen molar-refractivity contribution in [2.75, 3.05) is 31.6 Å². The molecular weight excluding hydrogens is 380 g/mol. The van der Waals surface area contributed by atoms with Gasteiger partial charge in [-0.05, 0) is 23.8 Å². The van der Waals surface area contributed by atoms with E-state index >= 15 is 0 Å². The number of rotatable bonds is 5. The summed E-state index contributed by atoms with van der Waals surface area (Å²) in [6.07, 6.45) is 1.65. The third-order valence-corrected chi connectivity index (χ3v) is 6.59. The number of hydrogen-bond acceptors (Lipinski definition) is 6. The van der Waals surface area contributed by atoms with Crippen LogP contribution in [0.5, 0.6) is 0 Å². The average molecular weight is 400 g/mol. The number of morpholine rings is 1. The quantitative estimate of drug-likeness (QED) is 0.695. The molecule has 2 aromatic heterocycles. The minimum atomic E-state index is -3.61. The van der Waals surface area contributed by atoms with E-state index in [1.807, 2.05) is 0 Å². The maximum Gasteiger partial charge on any atom is 0.259 e. The van der Waals surface area contributed by atoms with Crippen LogP contribution in [0, 0.1) is 0 Å². The third-order valence-electron chi connectivity index (χ3n) is 4.59. The molecule has 8 nitrogen and oxygen atoms in total. The van der Waals surface area contributed by atoms with Crippen LogP contribution in [0.3, 0.4) is 0 Å². The molecule has 1 fully saturated rings. The van der Waals surface area contributed by atoms with Crippen molar-refractivity contribution in [1.82, 2.24) is 13.7 Å². The van der Waals surface area contributed by atoms with Crippen LogP contribution < -0.4 is 10.9 Å². The number of anilines is 1. The Hall–Kier alpha value is -2.75. The molecular formula is C19H20N4O4S. The van der Waals surface area contributed by atoms with E-state index in [-0.39, 0.29) is 17.0 Å². The van der Waals surface area contributed by atoms with Gasteiger partial charge in [-0.25, -0.2) is 13.4 Å². The molecule has 0 unspecified atom stereocenters. The second-order valence-corrected chi connectivity index (χ2v) is 8.29. The van der Waals surface area contributed by atoms with Crippen molar-refractivity contribution in [2.45, 2.75) is 11.4 Å². The third kappa shape index (κ3) is 3.64. The Morgan fingerprint density at radius 1 is 1.07 bits per heavy atom. The van der Waals surface area contributed by atoms with Crippen LogP contribution in [-0.4, -0.2) is 48.4 Å². The molecule has 0 spiro atoms. The van der Waals surface area contributed by atoms with Crippen LogP contribution in [0.15, 0.2) is 64.4 Å². The zero-order valence-electron chi connectivity index (χ0n) is 15.1. The van der Waals surface area contributed by atoms with E-state index in [1.165, 1.54) is 14.8 Å². The van der Waals surface area contributed by atoms with Crippen LogP contribution in [0.4, 0.5) is 5.82 Å². The van der Waals surface area contributed by atoms with E-state index in [0.29, 0.717) is 43.3 Å². The van der Waals surface area contributed by atoms with Crippen LogP contribution in [0.25, 0.3) is 5.65 Å². The van der Waals surface area contributed by atoms with Gasteiger partial charge in [-0.1, -0.05) is 24.3 Å². The van der Waals surface area contributed by atoms with Gasteiger partial charge in [0.2, 0.25) is 10.0 Å². The van der Waals surface area contributed by atoms with Gasteiger partial charge in [-0.3, -0.25) is 9.20 Å². The molecule has 0 radical (unpaired) electrons. The summed E-state index contributed by atoms with van der Waals surface area (Å²) in [6, 6.07) is 13.6. The summed E-state index contributed by atoms with van der Waals surface area (Å²) in [5.41, 5.74) is 0.929. The van der Waals surface area contributed by atoms with Gasteiger partial charge in [-0.2, -0.15) is 4.31 Å². The van der Waals surface area contributed by atoms with Crippen molar-refractivity contribution in [3.63, 3.8) is 0 Å². The number of pyridine rings is 1. The van der Waals surface area contributed by atoms with Crippen molar-refractivity contribution in [3.05, 3.63) is 70.6 Å². The molecule has 9 heteroatoms. The van der Waals surface area contributed by atoms with Crippen molar-refractivity contribution in [1.29, 1.82) is 0 Å². The van der Waals surface area contributed by atoms with Crippen LogP contribution in [0.2, 0.25) is 0 Å². The average Bonchev–Trinajstić information content (AvgIpc) is 2.73. The predicted octanol–water partition coefficient (Wildman–Crippen LogP) is 1.33. The lowest BCUT2D eigenvalue weighted by Gasteiger charge is -2.27. The van der Waals surface area contributed by atoms with Gasteiger partial charge in [0.15, 0.2) is 0 Å². The molecule has 0 saturated carbocycles. The molecule has 28 heavy (non-hydrogen) atoms. The van der Waals surface area contributed by atoms with Crippen LogP contribution in [0.1, 0.15) is 5.56 Å². The van der Waals surface area contributed by atoms with E-state index in [0.717, 1.165) is 0 Å². The maximum atomic E-state index is 13.0. The Balaban J connectivity index is 1.60. The number of fused-ring (bicyclic) bond motifs is 1. The zero-order chi connectivity index (χ0) is 19.6. The molecule has 0 aliphatic carbocycles. The molecule has 4 rings (SSSR count). The fourth-order valence-corrected chi connectivity index (χ4v) is 4.79. The van der Waals surface area contributed by atoms with Crippen LogP contribution in [-0.2, 0) is 21.3 Å². The highest BCUT2D eigenvalue weighted by molar-refractivity contribution is 7.89. The first-order valence-corrected chi connectivity index (χ1v) is 10.4. The number of hydrogen-bond donors (Lipinski definition) is 1. The van der Waals surface area contributed by atoms with Crippen molar-refractivity contribution in [2.24, 2.45) is 0 Å². The zero-order valence-corrected chi connectivity index (χ0v) is 15.9. The summed E-state index contributed by atoms with van der Waals surface area (Å²) in [5, 5.41) is 3.08. The van der Waals surface area contributed by atoms with Crippen molar-refractivity contribution < 1.29 is 13.2 Å². The van der Waals surface area contributed by atoms with Crippen molar-refractivity contribution in [3.8, 4) is 0 Å². The molecule has 3 aromatic rings. The molecule has 3 heterocycles. The molecule has 146 valence electrons. The number of benzene rings is 1. The second kappa shape index (κ2) is 7.70. The first-order chi connectivity index (χ1) is 13.6. The lowest BCUT2D eigenvalue weighted by Crippen LogP contribution is -2.41. The first kappa shape index (κ1) is 18.6. The van der Waals surface area contributed by atoms with Gasteiger partial charge >= 0.3 is 0 Å². The minimum Gasteiger partial charge on any atom is -0.379 e. The van der Waals surface area contributed by atoms with E-state index in [2.05, 4.69) is 10.3 Å². The standard InChI is InChI=1S/C19H20N4O4S/c24-19-13-17(21-18-7-3-4-8-23(18)19)20-14-15-5-1-2-6-16(15)28(25,26)22-9-11-27-12-10-22/h1-8,13,20H,9-12,14H2. The highest BCUT2D eigenvalue weighted by atomic mass is 32.2. The molecule has 1 N–H and O–H groups in total. The maximum absolute atomic E-state index is 13.0. The van der Waals surface area contributed by atoms with Crippen molar-refractivity contribution >= 4 is 21.5 Å². The summed E-state index contributed by atoms with van der Waals surface area (Å²) >= 11 is 0. The Labute approximate surface area is 162 Å². The summed E-state index contributed by atoms with van der Waals surface area (Å²) in [4.78, 5) is 16.9. The fraction of sp³-hybridized carbons (Fsp3) is 0.263. The monoisotopic (exact) mass is 400 g/mol. The highest BCUT2D eigenvalue weighted by Gasteiger charge is 2.28. The predicted molar refractivity (Wildman–Crippen MR) is 105 cm³/mol. The summed E-state index contributed by atoms with van der Waals surface area (Å²) in [5.74, 6) is 0.398. The van der Waals surface area contributed by atoms with E-state index in [1.54, 1.807) is 48.7 Å². The summed E-state index contributed by atoms with van der Waals surface area (Å²) in [6.45, 7) is 1.70. The molecule has 1 aliphatic rings. The van der Waals surface area contributed by atoms with Gasteiger partial charge in [0, 0.05) is 31.9 Å². The Kier molecular flexibility index (Phi) is 5.12. The summed E-state index contributed by atoms with van der Waals surface area (Å²) < 4.78 is 34.2.